The number of hydrogen-bond acceptors (Lipinski definition) is 1. The lowest BCUT2D eigenvalue weighted by Crippen LogP contribution is -2.43. The minimum atomic E-state index is -0.314. The van der Waals surface area contributed by atoms with E-state index in [1.165, 1.54) is 23.3 Å². The number of benzene rings is 2. The Morgan fingerprint density at radius 1 is 1.11 bits per heavy atom. The van der Waals surface area contributed by atoms with Gasteiger partial charge in [-0.15, -0.1) is 0 Å². The first-order valence-electron chi connectivity index (χ1n) is 6.35. The second-order valence-corrected chi connectivity index (χ2v) is 5.80. The molecule has 0 fully saturated rings. The van der Waals surface area contributed by atoms with Crippen molar-refractivity contribution in [3.63, 3.8) is 0 Å². The van der Waals surface area contributed by atoms with Crippen LogP contribution in [0.5, 0.6) is 0 Å². The minimum Gasteiger partial charge on any atom is -0.324 e. The summed E-state index contributed by atoms with van der Waals surface area (Å²) in [5.74, 6) is -0.311. The summed E-state index contributed by atoms with van der Waals surface area (Å²) in [5.41, 5.74) is 9.71. The zero-order valence-electron chi connectivity index (χ0n) is 10.5. The van der Waals surface area contributed by atoms with Crippen molar-refractivity contribution in [2.24, 2.45) is 5.73 Å². The molecule has 0 saturated carbocycles. The van der Waals surface area contributed by atoms with Crippen molar-refractivity contribution >= 4 is 11.6 Å². The second-order valence-electron chi connectivity index (χ2n) is 5.40. The summed E-state index contributed by atoms with van der Waals surface area (Å²) in [7, 11) is 0. The molecule has 0 amide bonds. The molecule has 1 aliphatic carbocycles. The molecule has 0 aromatic heterocycles. The number of rotatable bonds is 2. The molecule has 0 unspecified atom stereocenters. The fraction of sp³-hybridized carbons (Fsp3) is 0.250. The van der Waals surface area contributed by atoms with Gasteiger partial charge in [0, 0.05) is 10.6 Å². The summed E-state index contributed by atoms with van der Waals surface area (Å²) in [6, 6.07) is 12.8. The molecular weight excluding hydrogens is 261 g/mol. The topological polar surface area (TPSA) is 26.0 Å². The van der Waals surface area contributed by atoms with Gasteiger partial charge in [0.25, 0.3) is 0 Å². The van der Waals surface area contributed by atoms with Crippen LogP contribution in [0.2, 0.25) is 5.02 Å². The van der Waals surface area contributed by atoms with Crippen LogP contribution in [-0.4, -0.2) is 5.54 Å². The van der Waals surface area contributed by atoms with Crippen LogP contribution in [0.3, 0.4) is 0 Å². The molecule has 1 aliphatic rings. The van der Waals surface area contributed by atoms with Gasteiger partial charge < -0.3 is 5.73 Å². The zero-order valence-corrected chi connectivity index (χ0v) is 11.3. The van der Waals surface area contributed by atoms with E-state index in [-0.39, 0.29) is 11.4 Å². The molecule has 2 N–H and O–H groups in total. The fourth-order valence-electron chi connectivity index (χ4n) is 2.89. The van der Waals surface area contributed by atoms with Crippen LogP contribution in [0.4, 0.5) is 4.39 Å². The van der Waals surface area contributed by atoms with E-state index in [9.17, 15) is 4.39 Å². The molecule has 19 heavy (non-hydrogen) atoms. The van der Waals surface area contributed by atoms with Crippen LogP contribution in [0.15, 0.2) is 42.5 Å². The van der Waals surface area contributed by atoms with E-state index in [0.717, 1.165) is 18.4 Å². The largest absolute Gasteiger partial charge is 0.324 e. The Bertz CT molecular complexity index is 599. The van der Waals surface area contributed by atoms with Crippen molar-refractivity contribution in [1.29, 1.82) is 0 Å². The van der Waals surface area contributed by atoms with Crippen LogP contribution >= 0.6 is 11.6 Å². The lowest BCUT2D eigenvalue weighted by molar-refractivity contribution is 0.446. The molecule has 0 radical (unpaired) electrons. The van der Waals surface area contributed by atoms with Crippen LogP contribution in [-0.2, 0) is 19.3 Å². The molecule has 1 nitrogen and oxygen atoms in total. The summed E-state index contributed by atoms with van der Waals surface area (Å²) in [6.07, 6.45) is 2.36. The van der Waals surface area contributed by atoms with Crippen molar-refractivity contribution in [1.82, 2.24) is 0 Å². The normalized spacial score (nSPS) is 16.4. The standard InChI is InChI=1S/C16H15ClFN/c17-15-7-14(18)6-5-13(15)10-16(19)8-11-3-1-2-4-12(11)9-16/h1-7H,8-10,19H2. The lowest BCUT2D eigenvalue weighted by atomic mass is 9.89. The summed E-state index contributed by atoms with van der Waals surface area (Å²) in [6.45, 7) is 0. The van der Waals surface area contributed by atoms with Gasteiger partial charge in [-0.2, -0.15) is 0 Å². The van der Waals surface area contributed by atoms with Crippen LogP contribution in [0, 0.1) is 5.82 Å². The minimum absolute atomic E-state index is 0.311. The van der Waals surface area contributed by atoms with E-state index < -0.39 is 0 Å². The molecule has 3 rings (SSSR count). The molecule has 0 saturated heterocycles. The van der Waals surface area contributed by atoms with Crippen molar-refractivity contribution in [2.75, 3.05) is 0 Å². The molecule has 2 aromatic rings. The number of nitrogens with two attached hydrogens (primary N) is 1. The van der Waals surface area contributed by atoms with Gasteiger partial charge in [0.2, 0.25) is 0 Å². The molecule has 0 bridgehead atoms. The van der Waals surface area contributed by atoms with Crippen LogP contribution in [0.25, 0.3) is 0 Å². The number of hydrogen-bond donors (Lipinski definition) is 1. The third kappa shape index (κ3) is 2.51. The van der Waals surface area contributed by atoms with E-state index in [2.05, 4.69) is 12.1 Å². The first-order valence-corrected chi connectivity index (χ1v) is 6.73. The Hall–Kier alpha value is -1.38. The van der Waals surface area contributed by atoms with Gasteiger partial charge in [0.05, 0.1) is 0 Å². The van der Waals surface area contributed by atoms with Gasteiger partial charge in [0.1, 0.15) is 5.82 Å². The van der Waals surface area contributed by atoms with Gasteiger partial charge in [-0.25, -0.2) is 4.39 Å². The molecule has 0 aliphatic heterocycles. The number of halogens is 2. The maximum Gasteiger partial charge on any atom is 0.124 e. The predicted octanol–water partition coefficient (Wildman–Crippen LogP) is 3.52. The molecule has 0 atom stereocenters. The van der Waals surface area contributed by atoms with Crippen molar-refractivity contribution in [3.05, 3.63) is 70.0 Å². The van der Waals surface area contributed by atoms with Crippen molar-refractivity contribution in [2.45, 2.75) is 24.8 Å². The molecule has 98 valence electrons. The SMILES string of the molecule is NC1(Cc2ccc(F)cc2Cl)Cc2ccccc2C1. The third-order valence-electron chi connectivity index (χ3n) is 3.76. The maximum absolute atomic E-state index is 13.1. The summed E-state index contributed by atoms with van der Waals surface area (Å²) in [5, 5.41) is 0.459. The van der Waals surface area contributed by atoms with E-state index in [1.54, 1.807) is 6.07 Å². The molecule has 0 spiro atoms. The van der Waals surface area contributed by atoms with Crippen LogP contribution < -0.4 is 5.73 Å². The highest BCUT2D eigenvalue weighted by atomic mass is 35.5. The second kappa shape index (κ2) is 4.62. The van der Waals surface area contributed by atoms with Crippen molar-refractivity contribution in [3.8, 4) is 0 Å². The quantitative estimate of drug-likeness (QED) is 0.892. The zero-order chi connectivity index (χ0) is 13.5. The molecule has 0 heterocycles. The Labute approximate surface area is 117 Å². The first-order chi connectivity index (χ1) is 9.06. The van der Waals surface area contributed by atoms with E-state index in [1.807, 2.05) is 12.1 Å². The smallest absolute Gasteiger partial charge is 0.124 e. The van der Waals surface area contributed by atoms with Gasteiger partial charge in [-0.3, -0.25) is 0 Å². The fourth-order valence-corrected chi connectivity index (χ4v) is 3.13. The Morgan fingerprint density at radius 2 is 1.74 bits per heavy atom. The highest BCUT2D eigenvalue weighted by Gasteiger charge is 2.33. The van der Waals surface area contributed by atoms with Gasteiger partial charge in [0.15, 0.2) is 0 Å². The maximum atomic E-state index is 13.1. The average Bonchev–Trinajstić information content (AvgIpc) is 2.69. The van der Waals surface area contributed by atoms with E-state index >= 15 is 0 Å². The molecule has 3 heteroatoms. The molecular formula is C16H15ClFN. The van der Waals surface area contributed by atoms with Gasteiger partial charge in [-0.1, -0.05) is 41.9 Å². The lowest BCUT2D eigenvalue weighted by Gasteiger charge is -2.24. The molecule has 2 aromatic carbocycles. The van der Waals surface area contributed by atoms with Gasteiger partial charge >= 0.3 is 0 Å². The average molecular weight is 276 g/mol. The van der Waals surface area contributed by atoms with Crippen LogP contribution in [0.1, 0.15) is 16.7 Å². The first kappa shape index (κ1) is 12.6. The predicted molar refractivity (Wildman–Crippen MR) is 75.9 cm³/mol. The monoisotopic (exact) mass is 275 g/mol. The van der Waals surface area contributed by atoms with E-state index in [4.69, 9.17) is 17.3 Å². The third-order valence-corrected chi connectivity index (χ3v) is 4.11. The highest BCUT2D eigenvalue weighted by Crippen LogP contribution is 2.32. The van der Waals surface area contributed by atoms with E-state index in [0.29, 0.717) is 11.4 Å². The Balaban J connectivity index is 1.85. The summed E-state index contributed by atoms with van der Waals surface area (Å²) >= 11 is 6.09. The highest BCUT2D eigenvalue weighted by molar-refractivity contribution is 6.31. The Morgan fingerprint density at radius 3 is 2.32 bits per heavy atom. The van der Waals surface area contributed by atoms with Crippen molar-refractivity contribution < 1.29 is 4.39 Å². The number of fused-ring (bicyclic) bond motifs is 1. The summed E-state index contributed by atoms with van der Waals surface area (Å²) in [4.78, 5) is 0. The van der Waals surface area contributed by atoms with Gasteiger partial charge in [-0.05, 0) is 48.1 Å². The summed E-state index contributed by atoms with van der Waals surface area (Å²) < 4.78 is 13.1. The Kier molecular flexibility index (Phi) is 3.08.